The molecule has 0 bridgehead atoms. The minimum atomic E-state index is -0.244. The van der Waals surface area contributed by atoms with Gasteiger partial charge in [-0.15, -0.1) is 5.10 Å². The van der Waals surface area contributed by atoms with Gasteiger partial charge in [0.25, 0.3) is 0 Å². The van der Waals surface area contributed by atoms with E-state index in [2.05, 4.69) is 31.1 Å². The molecule has 116 valence electrons. The zero-order valence-corrected chi connectivity index (χ0v) is 12.2. The predicted octanol–water partition coefficient (Wildman–Crippen LogP) is 0.687. The SMILES string of the molecule is Cc1[nH]ncc1NC(=O)Cn1cc(NC(=O)C2CCC2)nn1. The molecule has 0 aliphatic heterocycles. The van der Waals surface area contributed by atoms with Gasteiger partial charge in [0.05, 0.1) is 23.8 Å². The first kappa shape index (κ1) is 14.2. The van der Waals surface area contributed by atoms with E-state index in [4.69, 9.17) is 0 Å². The molecular weight excluding hydrogens is 286 g/mol. The van der Waals surface area contributed by atoms with Crippen LogP contribution in [0.25, 0.3) is 0 Å². The number of aromatic nitrogens is 5. The lowest BCUT2D eigenvalue weighted by molar-refractivity contribution is -0.122. The highest BCUT2D eigenvalue weighted by Gasteiger charge is 2.25. The number of carbonyl (C=O) groups excluding carboxylic acids is 2. The molecule has 2 aromatic rings. The van der Waals surface area contributed by atoms with E-state index >= 15 is 0 Å². The number of carbonyl (C=O) groups is 2. The fraction of sp³-hybridized carbons (Fsp3) is 0.462. The largest absolute Gasteiger partial charge is 0.322 e. The molecule has 0 atom stereocenters. The van der Waals surface area contributed by atoms with Gasteiger partial charge in [0.1, 0.15) is 6.54 Å². The molecule has 22 heavy (non-hydrogen) atoms. The van der Waals surface area contributed by atoms with Crippen LogP contribution in [0.3, 0.4) is 0 Å². The van der Waals surface area contributed by atoms with Crippen LogP contribution in [0.15, 0.2) is 12.4 Å². The number of aryl methyl sites for hydroxylation is 1. The van der Waals surface area contributed by atoms with E-state index in [0.717, 1.165) is 25.0 Å². The van der Waals surface area contributed by atoms with Crippen molar-refractivity contribution in [2.75, 3.05) is 10.6 Å². The van der Waals surface area contributed by atoms with Crippen LogP contribution in [0, 0.1) is 12.8 Å². The lowest BCUT2D eigenvalue weighted by Gasteiger charge is -2.23. The normalized spacial score (nSPS) is 14.4. The highest BCUT2D eigenvalue weighted by atomic mass is 16.2. The number of H-pyrrole nitrogens is 1. The first-order valence-electron chi connectivity index (χ1n) is 7.12. The molecule has 1 saturated carbocycles. The van der Waals surface area contributed by atoms with Crippen molar-refractivity contribution in [1.82, 2.24) is 25.2 Å². The van der Waals surface area contributed by atoms with Crippen LogP contribution in [-0.4, -0.2) is 37.0 Å². The average molecular weight is 303 g/mol. The molecule has 9 nitrogen and oxygen atoms in total. The molecule has 0 aromatic carbocycles. The van der Waals surface area contributed by atoms with Crippen LogP contribution in [0.1, 0.15) is 25.0 Å². The van der Waals surface area contributed by atoms with Crippen LogP contribution in [0.5, 0.6) is 0 Å². The molecule has 3 rings (SSSR count). The second-order valence-electron chi connectivity index (χ2n) is 5.38. The summed E-state index contributed by atoms with van der Waals surface area (Å²) in [7, 11) is 0. The van der Waals surface area contributed by atoms with Crippen molar-refractivity contribution in [3.63, 3.8) is 0 Å². The fourth-order valence-corrected chi connectivity index (χ4v) is 2.15. The molecule has 9 heteroatoms. The zero-order chi connectivity index (χ0) is 15.5. The molecule has 2 heterocycles. The summed E-state index contributed by atoms with van der Waals surface area (Å²) in [6.45, 7) is 1.82. The maximum atomic E-state index is 11.9. The summed E-state index contributed by atoms with van der Waals surface area (Å²) in [6.07, 6.45) is 6.02. The van der Waals surface area contributed by atoms with Gasteiger partial charge in [-0.05, 0) is 19.8 Å². The van der Waals surface area contributed by atoms with Crippen molar-refractivity contribution in [3.05, 3.63) is 18.1 Å². The Bertz CT molecular complexity index is 686. The highest BCUT2D eigenvalue weighted by Crippen LogP contribution is 2.27. The van der Waals surface area contributed by atoms with Gasteiger partial charge >= 0.3 is 0 Å². The Morgan fingerprint density at radius 1 is 1.41 bits per heavy atom. The Morgan fingerprint density at radius 2 is 2.23 bits per heavy atom. The summed E-state index contributed by atoms with van der Waals surface area (Å²) in [4.78, 5) is 23.7. The number of amides is 2. The summed E-state index contributed by atoms with van der Waals surface area (Å²) >= 11 is 0. The first-order chi connectivity index (χ1) is 10.6. The predicted molar refractivity (Wildman–Crippen MR) is 77.9 cm³/mol. The highest BCUT2D eigenvalue weighted by molar-refractivity contribution is 5.92. The minimum absolute atomic E-state index is 0.0108. The third-order valence-corrected chi connectivity index (χ3v) is 3.68. The number of hydrogen-bond acceptors (Lipinski definition) is 5. The summed E-state index contributed by atoms with van der Waals surface area (Å²) in [5.41, 5.74) is 1.41. The Labute approximate surface area is 126 Å². The van der Waals surface area contributed by atoms with E-state index in [0.29, 0.717) is 11.5 Å². The minimum Gasteiger partial charge on any atom is -0.322 e. The van der Waals surface area contributed by atoms with E-state index < -0.39 is 0 Å². The summed E-state index contributed by atoms with van der Waals surface area (Å²) in [6, 6.07) is 0. The lowest BCUT2D eigenvalue weighted by Crippen LogP contribution is -2.28. The Kier molecular flexibility index (Phi) is 3.86. The first-order valence-corrected chi connectivity index (χ1v) is 7.12. The van der Waals surface area contributed by atoms with Gasteiger partial charge in [0.2, 0.25) is 11.8 Å². The molecule has 1 fully saturated rings. The van der Waals surface area contributed by atoms with Gasteiger partial charge in [-0.3, -0.25) is 14.7 Å². The van der Waals surface area contributed by atoms with Crippen molar-refractivity contribution in [1.29, 1.82) is 0 Å². The third kappa shape index (κ3) is 3.13. The molecule has 0 radical (unpaired) electrons. The number of rotatable bonds is 5. The molecule has 1 aliphatic carbocycles. The third-order valence-electron chi connectivity index (χ3n) is 3.68. The number of hydrogen-bond donors (Lipinski definition) is 3. The van der Waals surface area contributed by atoms with Crippen molar-refractivity contribution in [3.8, 4) is 0 Å². The Balaban J connectivity index is 1.53. The number of anilines is 2. The molecule has 2 aromatic heterocycles. The van der Waals surface area contributed by atoms with Gasteiger partial charge in [-0.2, -0.15) is 5.10 Å². The summed E-state index contributed by atoms with van der Waals surface area (Å²) < 4.78 is 1.38. The van der Waals surface area contributed by atoms with Crippen molar-refractivity contribution in [2.45, 2.75) is 32.7 Å². The smallest absolute Gasteiger partial charge is 0.246 e. The van der Waals surface area contributed by atoms with Crippen LogP contribution in [-0.2, 0) is 16.1 Å². The van der Waals surface area contributed by atoms with Gasteiger partial charge in [0.15, 0.2) is 5.82 Å². The monoisotopic (exact) mass is 303 g/mol. The number of aromatic amines is 1. The standard InChI is InChI=1S/C13H17N7O2/c1-8-10(5-14-17-8)15-12(21)7-20-6-11(18-19-20)16-13(22)9-3-2-4-9/h5-6,9H,2-4,7H2,1H3,(H,14,17)(H,15,21)(H,16,22). The van der Waals surface area contributed by atoms with E-state index in [-0.39, 0.29) is 24.3 Å². The van der Waals surface area contributed by atoms with Crippen molar-refractivity contribution < 1.29 is 9.59 Å². The second kappa shape index (κ2) is 5.96. The molecule has 0 saturated heterocycles. The van der Waals surface area contributed by atoms with Crippen LogP contribution in [0.4, 0.5) is 11.5 Å². The van der Waals surface area contributed by atoms with Gasteiger partial charge in [-0.25, -0.2) is 4.68 Å². The average Bonchev–Trinajstić information content (AvgIpc) is 2.98. The Hall–Kier alpha value is -2.71. The van der Waals surface area contributed by atoms with Crippen molar-refractivity contribution >= 4 is 23.3 Å². The summed E-state index contributed by atoms with van der Waals surface area (Å²) in [5.74, 6) is 0.171. The lowest BCUT2D eigenvalue weighted by atomic mass is 9.85. The Morgan fingerprint density at radius 3 is 2.86 bits per heavy atom. The number of nitrogens with zero attached hydrogens (tertiary/aromatic N) is 4. The quantitative estimate of drug-likeness (QED) is 0.751. The van der Waals surface area contributed by atoms with E-state index in [9.17, 15) is 9.59 Å². The molecule has 1 aliphatic rings. The molecule has 2 amide bonds. The zero-order valence-electron chi connectivity index (χ0n) is 12.2. The maximum absolute atomic E-state index is 11.9. The molecule has 0 spiro atoms. The van der Waals surface area contributed by atoms with Gasteiger partial charge in [-0.1, -0.05) is 11.6 Å². The van der Waals surface area contributed by atoms with Crippen LogP contribution in [0.2, 0.25) is 0 Å². The van der Waals surface area contributed by atoms with Gasteiger partial charge < -0.3 is 10.6 Å². The van der Waals surface area contributed by atoms with E-state index in [1.807, 2.05) is 6.92 Å². The summed E-state index contributed by atoms with van der Waals surface area (Å²) in [5, 5.41) is 19.7. The van der Waals surface area contributed by atoms with Gasteiger partial charge in [0, 0.05) is 5.92 Å². The van der Waals surface area contributed by atoms with Crippen LogP contribution < -0.4 is 10.6 Å². The molecular formula is C13H17N7O2. The second-order valence-corrected chi connectivity index (χ2v) is 5.38. The fourth-order valence-electron chi connectivity index (χ4n) is 2.15. The number of nitrogens with one attached hydrogen (secondary N) is 3. The topological polar surface area (TPSA) is 118 Å². The van der Waals surface area contributed by atoms with E-state index in [1.54, 1.807) is 12.4 Å². The maximum Gasteiger partial charge on any atom is 0.246 e. The van der Waals surface area contributed by atoms with E-state index in [1.165, 1.54) is 4.68 Å². The van der Waals surface area contributed by atoms with Crippen molar-refractivity contribution in [2.24, 2.45) is 5.92 Å². The molecule has 3 N–H and O–H groups in total. The molecule has 0 unspecified atom stereocenters. The van der Waals surface area contributed by atoms with Crippen LogP contribution >= 0.6 is 0 Å².